The van der Waals surface area contributed by atoms with Crippen molar-refractivity contribution in [2.75, 3.05) is 26.7 Å². The third-order valence-corrected chi connectivity index (χ3v) is 3.24. The number of benzene rings is 1. The van der Waals surface area contributed by atoms with Crippen LogP contribution in [0.2, 0.25) is 0 Å². The van der Waals surface area contributed by atoms with Gasteiger partial charge in [-0.1, -0.05) is 4.68 Å². The van der Waals surface area contributed by atoms with Gasteiger partial charge in [-0.3, -0.25) is 4.90 Å². The van der Waals surface area contributed by atoms with E-state index in [0.29, 0.717) is 6.54 Å². The Morgan fingerprint density at radius 3 is 2.67 bits per heavy atom. The van der Waals surface area contributed by atoms with Gasteiger partial charge in [-0.2, -0.15) is 0 Å². The molecule has 0 fully saturated rings. The number of nitrogens with two attached hydrogens (primary N) is 1. The summed E-state index contributed by atoms with van der Waals surface area (Å²) in [6, 6.07) is 8.07. The van der Waals surface area contributed by atoms with Crippen molar-refractivity contribution in [3.8, 4) is 5.75 Å². The molecular formula is C16H25N4O+. The summed E-state index contributed by atoms with van der Waals surface area (Å²) >= 11 is 0. The van der Waals surface area contributed by atoms with Crippen LogP contribution in [0.5, 0.6) is 5.75 Å². The molecule has 0 atom stereocenters. The topological polar surface area (TPSA) is 53.9 Å². The molecule has 0 spiro atoms. The van der Waals surface area contributed by atoms with E-state index in [2.05, 4.69) is 17.0 Å². The summed E-state index contributed by atoms with van der Waals surface area (Å²) in [5.74, 6) is 0.888. The average Bonchev–Trinajstić information content (AvgIpc) is 2.87. The lowest BCUT2D eigenvalue weighted by atomic mass is 10.2. The number of ether oxygens (including phenoxy) is 1. The van der Waals surface area contributed by atoms with E-state index in [-0.39, 0.29) is 6.10 Å². The van der Waals surface area contributed by atoms with E-state index in [1.165, 1.54) is 5.71 Å². The third kappa shape index (κ3) is 4.37. The molecule has 0 aromatic heterocycles. The van der Waals surface area contributed by atoms with Crippen molar-refractivity contribution in [3.05, 3.63) is 24.3 Å². The van der Waals surface area contributed by atoms with Gasteiger partial charge in [0.25, 0.3) is 0 Å². The highest BCUT2D eigenvalue weighted by atomic mass is 16.5. The number of hydrogen-bond acceptors (Lipinski definition) is 4. The molecule has 0 amide bonds. The molecule has 0 saturated carbocycles. The van der Waals surface area contributed by atoms with Crippen molar-refractivity contribution in [3.63, 3.8) is 0 Å². The number of hydrazone groups is 1. The van der Waals surface area contributed by atoms with Crippen LogP contribution in [0.25, 0.3) is 0 Å². The Kier molecular flexibility index (Phi) is 5.47. The minimum atomic E-state index is 0.188. The average molecular weight is 289 g/mol. The lowest BCUT2D eigenvalue weighted by Gasteiger charge is -2.13. The Bertz CT molecular complexity index is 520. The molecule has 5 heteroatoms. The molecule has 0 saturated heterocycles. The van der Waals surface area contributed by atoms with Crippen molar-refractivity contribution in [2.45, 2.75) is 26.4 Å². The van der Waals surface area contributed by atoms with Crippen LogP contribution >= 0.6 is 0 Å². The molecule has 2 N–H and O–H groups in total. The molecule has 5 nitrogen and oxygen atoms in total. The Hall–Kier alpha value is -1.72. The van der Waals surface area contributed by atoms with Gasteiger partial charge < -0.3 is 10.5 Å². The van der Waals surface area contributed by atoms with Crippen LogP contribution in [0.4, 0.5) is 5.69 Å². The third-order valence-electron chi connectivity index (χ3n) is 3.24. The van der Waals surface area contributed by atoms with Gasteiger partial charge in [0.1, 0.15) is 5.75 Å². The molecule has 1 aromatic carbocycles. The fourth-order valence-electron chi connectivity index (χ4n) is 2.33. The zero-order valence-corrected chi connectivity index (χ0v) is 13.1. The molecule has 114 valence electrons. The Morgan fingerprint density at radius 2 is 2.05 bits per heavy atom. The smallest absolute Gasteiger partial charge is 0.238 e. The van der Waals surface area contributed by atoms with Crippen LogP contribution in [-0.2, 0) is 0 Å². The van der Waals surface area contributed by atoms with E-state index in [0.717, 1.165) is 30.9 Å². The molecule has 21 heavy (non-hydrogen) atoms. The van der Waals surface area contributed by atoms with Gasteiger partial charge in [-0.25, -0.2) is 0 Å². The van der Waals surface area contributed by atoms with Crippen molar-refractivity contribution in [1.29, 1.82) is 0 Å². The maximum Gasteiger partial charge on any atom is 0.238 e. The second kappa shape index (κ2) is 7.33. The first kappa shape index (κ1) is 15.7. The second-order valence-corrected chi connectivity index (χ2v) is 5.57. The van der Waals surface area contributed by atoms with E-state index in [4.69, 9.17) is 10.5 Å². The number of likely N-dealkylation sites (N-methyl/N-ethyl adjacent to an activating group) is 1. The van der Waals surface area contributed by atoms with Gasteiger partial charge in [0.05, 0.1) is 25.3 Å². The quantitative estimate of drug-likeness (QED) is 0.779. The monoisotopic (exact) mass is 289 g/mol. The normalized spacial score (nSPS) is 14.6. The minimum absolute atomic E-state index is 0.188. The van der Waals surface area contributed by atoms with Crippen molar-refractivity contribution in [1.82, 2.24) is 4.90 Å². The predicted molar refractivity (Wildman–Crippen MR) is 86.8 cm³/mol. The van der Waals surface area contributed by atoms with E-state index in [1.807, 2.05) is 49.0 Å². The van der Waals surface area contributed by atoms with E-state index in [9.17, 15) is 0 Å². The zero-order valence-electron chi connectivity index (χ0n) is 13.1. The van der Waals surface area contributed by atoms with E-state index in [1.54, 1.807) is 0 Å². The largest absolute Gasteiger partial charge is 0.491 e. The lowest BCUT2D eigenvalue weighted by Crippen LogP contribution is -2.32. The molecule has 0 bridgehead atoms. The number of hydrogen-bond donors (Lipinski definition) is 1. The summed E-state index contributed by atoms with van der Waals surface area (Å²) < 4.78 is 7.68. The maximum atomic E-state index is 5.67. The summed E-state index contributed by atoms with van der Waals surface area (Å²) in [4.78, 5) is 2.22. The predicted octanol–water partition coefficient (Wildman–Crippen LogP) is 1.84. The maximum absolute atomic E-state index is 5.67. The fourth-order valence-corrected chi connectivity index (χ4v) is 2.33. The number of rotatable bonds is 7. The van der Waals surface area contributed by atoms with Crippen LogP contribution in [0.3, 0.4) is 0 Å². The molecule has 1 aromatic rings. The molecule has 1 aliphatic heterocycles. The second-order valence-electron chi connectivity index (χ2n) is 5.57. The van der Waals surface area contributed by atoms with Crippen LogP contribution in [0.1, 0.15) is 20.3 Å². The first-order chi connectivity index (χ1) is 10.1. The molecule has 1 heterocycles. The first-order valence-corrected chi connectivity index (χ1v) is 7.42. The zero-order chi connectivity index (χ0) is 15.2. The Morgan fingerprint density at radius 1 is 1.33 bits per heavy atom. The van der Waals surface area contributed by atoms with Crippen LogP contribution in [0, 0.1) is 0 Å². The molecule has 0 radical (unpaired) electrons. The SMILES string of the molecule is CC(C)Oc1ccc([N+]2=C(CN(C)CCN)CC=N2)cc1. The molecule has 0 unspecified atom stereocenters. The van der Waals surface area contributed by atoms with Gasteiger partial charge in [0, 0.05) is 25.2 Å². The van der Waals surface area contributed by atoms with E-state index >= 15 is 0 Å². The van der Waals surface area contributed by atoms with Crippen LogP contribution < -0.4 is 10.5 Å². The van der Waals surface area contributed by atoms with E-state index < -0.39 is 0 Å². The molecule has 1 aliphatic rings. The van der Waals surface area contributed by atoms with Crippen molar-refractivity contribution >= 4 is 17.6 Å². The summed E-state index contributed by atoms with van der Waals surface area (Å²) in [6.45, 7) is 6.49. The fraction of sp³-hybridized carbons (Fsp3) is 0.500. The van der Waals surface area contributed by atoms with Gasteiger partial charge in [0.2, 0.25) is 11.4 Å². The number of nitrogens with zero attached hydrogens (tertiary/aromatic N) is 3. The molecule has 0 aliphatic carbocycles. The van der Waals surface area contributed by atoms with Gasteiger partial charge in [-0.05, 0) is 38.1 Å². The Labute approximate surface area is 126 Å². The van der Waals surface area contributed by atoms with Crippen LogP contribution in [0.15, 0.2) is 29.4 Å². The van der Waals surface area contributed by atoms with Crippen LogP contribution in [-0.4, -0.2) is 54.3 Å². The van der Waals surface area contributed by atoms with Crippen molar-refractivity contribution < 1.29 is 9.42 Å². The standard InChI is InChI=1S/C16H25N4O/c1-13(2)21-16-6-4-14(5-7-16)20-15(8-10-18-20)12-19(3)11-9-17/h4-7,10,13H,8-9,11-12,17H2,1-3H3/q+1. The molecule has 2 rings (SSSR count). The van der Waals surface area contributed by atoms with Gasteiger partial charge in [-0.15, -0.1) is 0 Å². The summed E-state index contributed by atoms with van der Waals surface area (Å²) in [7, 11) is 2.08. The van der Waals surface area contributed by atoms with Gasteiger partial charge in [0.15, 0.2) is 0 Å². The lowest BCUT2D eigenvalue weighted by molar-refractivity contribution is -0.443. The summed E-state index contributed by atoms with van der Waals surface area (Å²) in [6.07, 6.45) is 3.02. The minimum Gasteiger partial charge on any atom is -0.491 e. The Balaban J connectivity index is 2.12. The molecular weight excluding hydrogens is 264 g/mol. The highest BCUT2D eigenvalue weighted by Gasteiger charge is 2.23. The highest BCUT2D eigenvalue weighted by molar-refractivity contribution is 5.96. The van der Waals surface area contributed by atoms with Crippen molar-refractivity contribution in [2.24, 2.45) is 10.8 Å². The highest BCUT2D eigenvalue weighted by Crippen LogP contribution is 2.21. The first-order valence-electron chi connectivity index (χ1n) is 7.42. The van der Waals surface area contributed by atoms with Gasteiger partial charge >= 0.3 is 0 Å². The summed E-state index contributed by atoms with van der Waals surface area (Å²) in [5.41, 5.74) is 7.93. The summed E-state index contributed by atoms with van der Waals surface area (Å²) in [5, 5.41) is 4.46.